The average Bonchev–Trinajstić information content (AvgIpc) is 3.08. The third kappa shape index (κ3) is 3.38. The molecule has 2 heterocycles. The highest BCUT2D eigenvalue weighted by atomic mass is 35.5. The van der Waals surface area contributed by atoms with Gasteiger partial charge in [0.2, 0.25) is 5.91 Å². The maximum atomic E-state index is 12.8. The van der Waals surface area contributed by atoms with Gasteiger partial charge in [-0.15, -0.1) is 0 Å². The van der Waals surface area contributed by atoms with Crippen LogP contribution in [0.2, 0.25) is 5.02 Å². The van der Waals surface area contributed by atoms with Gasteiger partial charge in [-0.05, 0) is 31.5 Å². The molecule has 1 aromatic carbocycles. The fraction of sp³-hybridized carbons (Fsp3) is 0.438. The van der Waals surface area contributed by atoms with Gasteiger partial charge in [-0.2, -0.15) is 5.10 Å². The lowest BCUT2D eigenvalue weighted by Gasteiger charge is -2.39. The second kappa shape index (κ2) is 6.68. The Morgan fingerprint density at radius 2 is 2.30 bits per heavy atom. The first-order chi connectivity index (χ1) is 11.1. The van der Waals surface area contributed by atoms with Crippen LogP contribution in [0.3, 0.4) is 0 Å². The van der Waals surface area contributed by atoms with Crippen LogP contribution in [0.15, 0.2) is 36.9 Å². The van der Waals surface area contributed by atoms with Crippen LogP contribution in [0, 0.1) is 0 Å². The molecule has 0 unspecified atom stereocenters. The topological polar surface area (TPSA) is 60.2 Å². The van der Waals surface area contributed by atoms with Crippen molar-refractivity contribution in [2.24, 2.45) is 0 Å². The Hall–Kier alpha value is -1.92. The second-order valence-corrected chi connectivity index (χ2v) is 6.20. The molecule has 0 spiro atoms. The summed E-state index contributed by atoms with van der Waals surface area (Å²) in [5, 5.41) is 4.72. The molecule has 1 aliphatic rings. The molecule has 0 radical (unpaired) electrons. The van der Waals surface area contributed by atoms with Crippen molar-refractivity contribution in [3.63, 3.8) is 0 Å². The smallest absolute Gasteiger partial charge is 0.247 e. The fourth-order valence-electron chi connectivity index (χ4n) is 2.74. The number of hydrogen-bond acceptors (Lipinski definition) is 4. The number of amides is 1. The molecule has 1 amide bonds. The molecule has 7 heteroatoms. The lowest BCUT2D eigenvalue weighted by Crippen LogP contribution is -2.50. The van der Waals surface area contributed by atoms with Crippen LogP contribution in [-0.4, -0.2) is 44.8 Å². The van der Waals surface area contributed by atoms with Crippen LogP contribution in [0.4, 0.5) is 0 Å². The Balaban J connectivity index is 1.77. The molecular formula is C16H19ClN4O2. The van der Waals surface area contributed by atoms with Gasteiger partial charge in [0, 0.05) is 5.02 Å². The highest BCUT2D eigenvalue weighted by Gasteiger charge is 2.33. The molecule has 1 saturated heterocycles. The van der Waals surface area contributed by atoms with Crippen molar-refractivity contribution in [1.82, 2.24) is 19.7 Å². The monoisotopic (exact) mass is 334 g/mol. The second-order valence-electron chi connectivity index (χ2n) is 5.77. The first kappa shape index (κ1) is 16.0. The van der Waals surface area contributed by atoms with Gasteiger partial charge in [0.25, 0.3) is 0 Å². The molecule has 2 aromatic rings. The largest absolute Gasteiger partial charge is 0.370 e. The quantitative estimate of drug-likeness (QED) is 0.865. The highest BCUT2D eigenvalue weighted by Crippen LogP contribution is 2.28. The van der Waals surface area contributed by atoms with Crippen LogP contribution >= 0.6 is 11.6 Å². The van der Waals surface area contributed by atoms with Gasteiger partial charge < -0.3 is 9.64 Å². The number of hydrogen-bond donors (Lipinski definition) is 0. The number of rotatable bonds is 3. The van der Waals surface area contributed by atoms with Crippen LogP contribution in [0.25, 0.3) is 0 Å². The molecular weight excluding hydrogens is 316 g/mol. The first-order valence-corrected chi connectivity index (χ1v) is 7.95. The summed E-state index contributed by atoms with van der Waals surface area (Å²) in [5.41, 5.74) is 0.982. The van der Waals surface area contributed by atoms with E-state index in [1.807, 2.05) is 43.0 Å². The van der Waals surface area contributed by atoms with Crippen molar-refractivity contribution >= 4 is 17.5 Å². The summed E-state index contributed by atoms with van der Waals surface area (Å²) in [6.45, 7) is 4.81. The predicted octanol–water partition coefficient (Wildman–Crippen LogP) is 2.48. The van der Waals surface area contributed by atoms with Crippen LogP contribution in [0.1, 0.15) is 31.6 Å². The van der Waals surface area contributed by atoms with Gasteiger partial charge >= 0.3 is 0 Å². The summed E-state index contributed by atoms with van der Waals surface area (Å²) in [6, 6.07) is 7.19. The molecule has 1 aromatic heterocycles. The molecule has 0 aliphatic carbocycles. The van der Waals surface area contributed by atoms with Gasteiger partial charge in [0.05, 0.1) is 19.2 Å². The minimum Gasteiger partial charge on any atom is -0.370 e. The third-order valence-corrected chi connectivity index (χ3v) is 4.36. The summed E-state index contributed by atoms with van der Waals surface area (Å²) < 4.78 is 7.46. The molecule has 1 aliphatic heterocycles. The zero-order valence-corrected chi connectivity index (χ0v) is 13.8. The minimum absolute atomic E-state index is 0.0123. The normalized spacial score (nSPS) is 22.8. The Morgan fingerprint density at radius 1 is 1.48 bits per heavy atom. The average molecular weight is 335 g/mol. The fourth-order valence-corrected chi connectivity index (χ4v) is 2.94. The number of aromatic nitrogens is 3. The summed E-state index contributed by atoms with van der Waals surface area (Å²) >= 11 is 6.06. The van der Waals surface area contributed by atoms with Gasteiger partial charge in [-0.25, -0.2) is 9.67 Å². The number of carbonyl (C=O) groups excluding carboxylic acids is 1. The summed E-state index contributed by atoms with van der Waals surface area (Å²) in [7, 11) is 0. The molecule has 0 bridgehead atoms. The molecule has 0 N–H and O–H groups in total. The Morgan fingerprint density at radius 3 is 3.00 bits per heavy atom. The van der Waals surface area contributed by atoms with Crippen molar-refractivity contribution in [1.29, 1.82) is 0 Å². The van der Waals surface area contributed by atoms with E-state index in [0.717, 1.165) is 5.56 Å². The van der Waals surface area contributed by atoms with E-state index in [1.165, 1.54) is 6.33 Å². The predicted molar refractivity (Wildman–Crippen MR) is 86.1 cm³/mol. The summed E-state index contributed by atoms with van der Waals surface area (Å²) in [5.74, 6) is 0.0123. The lowest BCUT2D eigenvalue weighted by atomic mass is 10.1. The zero-order chi connectivity index (χ0) is 16.4. The molecule has 3 rings (SSSR count). The van der Waals surface area contributed by atoms with Gasteiger partial charge in [0.15, 0.2) is 0 Å². The van der Waals surface area contributed by atoms with Crippen molar-refractivity contribution in [2.45, 2.75) is 32.0 Å². The SMILES string of the molecule is C[C@@H]1CO[C@H](c2cccc(Cl)c2)CN1C(=O)[C@H](C)n1cncn1. The van der Waals surface area contributed by atoms with Crippen LogP contribution in [-0.2, 0) is 9.53 Å². The summed E-state index contributed by atoms with van der Waals surface area (Å²) in [6.07, 6.45) is 2.82. The summed E-state index contributed by atoms with van der Waals surface area (Å²) in [4.78, 5) is 18.6. The van der Waals surface area contributed by atoms with E-state index in [1.54, 1.807) is 11.0 Å². The van der Waals surface area contributed by atoms with E-state index in [-0.39, 0.29) is 18.1 Å². The maximum Gasteiger partial charge on any atom is 0.247 e. The number of carbonyl (C=O) groups is 1. The van der Waals surface area contributed by atoms with Gasteiger partial charge in [-0.1, -0.05) is 23.7 Å². The van der Waals surface area contributed by atoms with Crippen molar-refractivity contribution in [3.05, 3.63) is 47.5 Å². The molecule has 122 valence electrons. The van der Waals surface area contributed by atoms with Crippen LogP contribution < -0.4 is 0 Å². The standard InChI is InChI=1S/C16H19ClN4O2/c1-11-8-23-15(13-4-3-5-14(17)6-13)7-20(11)16(22)12(2)21-10-18-9-19-21/h3-6,9-12,15H,7-8H2,1-2H3/t11-,12+,15+/m1/s1. The van der Waals surface area contributed by atoms with Crippen molar-refractivity contribution in [3.8, 4) is 0 Å². The highest BCUT2D eigenvalue weighted by molar-refractivity contribution is 6.30. The zero-order valence-electron chi connectivity index (χ0n) is 13.1. The Labute approximate surface area is 140 Å². The van der Waals surface area contributed by atoms with E-state index in [9.17, 15) is 4.79 Å². The molecule has 23 heavy (non-hydrogen) atoms. The van der Waals surface area contributed by atoms with Gasteiger partial charge in [-0.3, -0.25) is 4.79 Å². The first-order valence-electron chi connectivity index (χ1n) is 7.58. The number of benzene rings is 1. The van der Waals surface area contributed by atoms with E-state index in [2.05, 4.69) is 10.1 Å². The molecule has 1 fully saturated rings. The van der Waals surface area contributed by atoms with Crippen molar-refractivity contribution in [2.75, 3.05) is 13.2 Å². The molecule has 0 saturated carbocycles. The van der Waals surface area contributed by atoms with Gasteiger partial charge in [0.1, 0.15) is 24.8 Å². The number of ether oxygens (including phenoxy) is 1. The van der Waals surface area contributed by atoms with E-state index < -0.39 is 6.04 Å². The Bertz CT molecular complexity index is 676. The third-order valence-electron chi connectivity index (χ3n) is 4.13. The Kier molecular flexibility index (Phi) is 4.63. The van der Waals surface area contributed by atoms with Crippen molar-refractivity contribution < 1.29 is 9.53 Å². The van der Waals surface area contributed by atoms with E-state index in [4.69, 9.17) is 16.3 Å². The molecule has 3 atom stereocenters. The minimum atomic E-state index is -0.391. The van der Waals surface area contributed by atoms with Crippen LogP contribution in [0.5, 0.6) is 0 Å². The van der Waals surface area contributed by atoms with E-state index >= 15 is 0 Å². The number of halogens is 1. The number of nitrogens with zero attached hydrogens (tertiary/aromatic N) is 4. The number of morpholine rings is 1. The van der Waals surface area contributed by atoms with E-state index in [0.29, 0.717) is 18.2 Å². The maximum absolute atomic E-state index is 12.8. The molecule has 6 nitrogen and oxygen atoms in total. The lowest BCUT2D eigenvalue weighted by molar-refractivity contribution is -0.147.